The Labute approximate surface area is 132 Å². The molecule has 0 saturated carbocycles. The summed E-state index contributed by atoms with van der Waals surface area (Å²) in [7, 11) is 0. The zero-order valence-electron chi connectivity index (χ0n) is 13.9. The fraction of sp³-hybridized carbons (Fsp3) is 0.316. The van der Waals surface area contributed by atoms with E-state index < -0.39 is 6.10 Å². The number of hydrogen-bond acceptors (Lipinski definition) is 2. The predicted molar refractivity (Wildman–Crippen MR) is 90.6 cm³/mol. The molecule has 0 saturated heterocycles. The molecule has 0 heterocycles. The van der Waals surface area contributed by atoms with Crippen molar-refractivity contribution in [2.24, 2.45) is 0 Å². The summed E-state index contributed by atoms with van der Waals surface area (Å²) >= 11 is 0. The highest BCUT2D eigenvalue weighted by Crippen LogP contribution is 2.21. The van der Waals surface area contributed by atoms with E-state index in [0.29, 0.717) is 0 Å². The SMILES string of the molecule is Cc1ccc(C)c(NC(=O)C(C)Oc2cc(C)ccc2C)c1. The Hall–Kier alpha value is -2.29. The summed E-state index contributed by atoms with van der Waals surface area (Å²) in [5.74, 6) is 0.609. The number of aryl methyl sites for hydroxylation is 4. The molecule has 116 valence electrons. The summed E-state index contributed by atoms with van der Waals surface area (Å²) in [6.45, 7) is 9.73. The molecule has 1 atom stereocenters. The van der Waals surface area contributed by atoms with Crippen molar-refractivity contribution >= 4 is 11.6 Å². The zero-order valence-corrected chi connectivity index (χ0v) is 13.9. The highest BCUT2D eigenvalue weighted by atomic mass is 16.5. The van der Waals surface area contributed by atoms with Gasteiger partial charge in [-0.25, -0.2) is 0 Å². The van der Waals surface area contributed by atoms with Crippen molar-refractivity contribution in [3.05, 3.63) is 58.7 Å². The number of benzene rings is 2. The molecule has 0 fully saturated rings. The van der Waals surface area contributed by atoms with E-state index in [1.54, 1.807) is 6.92 Å². The standard InChI is InChI=1S/C19H23NO2/c1-12-6-8-14(3)17(10-12)20-19(21)16(5)22-18-11-13(2)7-9-15(18)4/h6-11,16H,1-5H3,(H,20,21). The fourth-order valence-electron chi connectivity index (χ4n) is 2.18. The molecule has 0 radical (unpaired) electrons. The molecular formula is C19H23NO2. The summed E-state index contributed by atoms with van der Waals surface area (Å²) in [4.78, 5) is 12.3. The van der Waals surface area contributed by atoms with Crippen molar-refractivity contribution < 1.29 is 9.53 Å². The molecule has 0 spiro atoms. The quantitative estimate of drug-likeness (QED) is 0.912. The van der Waals surface area contributed by atoms with Crippen LogP contribution in [0.25, 0.3) is 0 Å². The van der Waals surface area contributed by atoms with Crippen LogP contribution in [0.1, 0.15) is 29.2 Å². The van der Waals surface area contributed by atoms with Crippen LogP contribution in [0, 0.1) is 27.7 Å². The van der Waals surface area contributed by atoms with Crippen LogP contribution in [-0.2, 0) is 4.79 Å². The maximum absolute atomic E-state index is 12.3. The minimum atomic E-state index is -0.555. The van der Waals surface area contributed by atoms with Gasteiger partial charge in [0.05, 0.1) is 0 Å². The van der Waals surface area contributed by atoms with Crippen molar-refractivity contribution in [3.63, 3.8) is 0 Å². The number of ether oxygens (including phenoxy) is 1. The van der Waals surface area contributed by atoms with E-state index in [0.717, 1.165) is 33.7 Å². The van der Waals surface area contributed by atoms with E-state index in [4.69, 9.17) is 4.74 Å². The third-order valence-corrected chi connectivity index (χ3v) is 3.67. The normalized spacial score (nSPS) is 11.9. The summed E-state index contributed by atoms with van der Waals surface area (Å²) in [6.07, 6.45) is -0.555. The first kappa shape index (κ1) is 16.1. The molecule has 1 unspecified atom stereocenters. The zero-order chi connectivity index (χ0) is 16.3. The second kappa shape index (κ2) is 6.65. The Kier molecular flexibility index (Phi) is 4.86. The first-order valence-corrected chi connectivity index (χ1v) is 7.49. The number of rotatable bonds is 4. The molecule has 0 aliphatic heterocycles. The molecule has 2 aromatic carbocycles. The number of amides is 1. The van der Waals surface area contributed by atoms with E-state index in [-0.39, 0.29) is 5.91 Å². The Balaban J connectivity index is 2.09. The summed E-state index contributed by atoms with van der Waals surface area (Å²) in [5, 5.41) is 2.94. The van der Waals surface area contributed by atoms with Crippen LogP contribution in [0.3, 0.4) is 0 Å². The molecular weight excluding hydrogens is 274 g/mol. The van der Waals surface area contributed by atoms with E-state index >= 15 is 0 Å². The lowest BCUT2D eigenvalue weighted by atomic mass is 10.1. The Morgan fingerprint density at radius 3 is 2.23 bits per heavy atom. The fourth-order valence-corrected chi connectivity index (χ4v) is 2.18. The molecule has 0 aromatic heterocycles. The smallest absolute Gasteiger partial charge is 0.265 e. The first-order valence-electron chi connectivity index (χ1n) is 7.49. The molecule has 1 N–H and O–H groups in total. The average molecular weight is 297 g/mol. The third kappa shape index (κ3) is 3.88. The first-order chi connectivity index (χ1) is 10.4. The van der Waals surface area contributed by atoms with Gasteiger partial charge in [0.2, 0.25) is 0 Å². The number of anilines is 1. The van der Waals surface area contributed by atoms with Crippen LogP contribution in [0.15, 0.2) is 36.4 Å². The molecule has 0 aliphatic carbocycles. The number of carbonyl (C=O) groups is 1. The molecule has 3 nitrogen and oxygen atoms in total. The van der Waals surface area contributed by atoms with Gasteiger partial charge in [0.15, 0.2) is 6.10 Å². The van der Waals surface area contributed by atoms with Crippen LogP contribution in [0.5, 0.6) is 5.75 Å². The molecule has 1 amide bonds. The number of carbonyl (C=O) groups excluding carboxylic acids is 1. The monoisotopic (exact) mass is 297 g/mol. The number of hydrogen-bond donors (Lipinski definition) is 1. The van der Waals surface area contributed by atoms with Crippen LogP contribution < -0.4 is 10.1 Å². The molecule has 3 heteroatoms. The van der Waals surface area contributed by atoms with Gasteiger partial charge in [0, 0.05) is 5.69 Å². The van der Waals surface area contributed by atoms with Crippen molar-refractivity contribution in [2.75, 3.05) is 5.32 Å². The average Bonchev–Trinajstić information content (AvgIpc) is 2.46. The van der Waals surface area contributed by atoms with Gasteiger partial charge >= 0.3 is 0 Å². The lowest BCUT2D eigenvalue weighted by molar-refractivity contribution is -0.122. The second-order valence-corrected chi connectivity index (χ2v) is 5.84. The van der Waals surface area contributed by atoms with Gasteiger partial charge in [-0.3, -0.25) is 4.79 Å². The van der Waals surface area contributed by atoms with Crippen LogP contribution in [0.2, 0.25) is 0 Å². The molecule has 2 rings (SSSR count). The van der Waals surface area contributed by atoms with Crippen LogP contribution in [0.4, 0.5) is 5.69 Å². The molecule has 2 aromatic rings. The second-order valence-electron chi connectivity index (χ2n) is 5.84. The van der Waals surface area contributed by atoms with Crippen molar-refractivity contribution in [3.8, 4) is 5.75 Å². The van der Waals surface area contributed by atoms with Crippen LogP contribution >= 0.6 is 0 Å². The lowest BCUT2D eigenvalue weighted by Gasteiger charge is -2.17. The Morgan fingerprint density at radius 2 is 1.55 bits per heavy atom. The highest BCUT2D eigenvalue weighted by molar-refractivity contribution is 5.94. The molecule has 0 aliphatic rings. The summed E-state index contributed by atoms with van der Waals surface area (Å²) < 4.78 is 5.82. The maximum atomic E-state index is 12.3. The highest BCUT2D eigenvalue weighted by Gasteiger charge is 2.16. The topological polar surface area (TPSA) is 38.3 Å². The van der Waals surface area contributed by atoms with E-state index in [2.05, 4.69) is 5.32 Å². The Bertz CT molecular complexity index is 692. The molecule has 0 bridgehead atoms. The van der Waals surface area contributed by atoms with Gasteiger partial charge in [-0.05, 0) is 69.0 Å². The summed E-state index contributed by atoms with van der Waals surface area (Å²) in [5.41, 5.74) is 5.13. The predicted octanol–water partition coefficient (Wildman–Crippen LogP) is 4.33. The number of nitrogens with one attached hydrogen (secondary N) is 1. The minimum absolute atomic E-state index is 0.144. The van der Waals surface area contributed by atoms with Crippen molar-refractivity contribution in [1.29, 1.82) is 0 Å². The maximum Gasteiger partial charge on any atom is 0.265 e. The molecule has 22 heavy (non-hydrogen) atoms. The van der Waals surface area contributed by atoms with E-state index in [1.807, 2.05) is 64.1 Å². The lowest BCUT2D eigenvalue weighted by Crippen LogP contribution is -2.30. The summed E-state index contributed by atoms with van der Waals surface area (Å²) in [6, 6.07) is 12.0. The van der Waals surface area contributed by atoms with Gasteiger partial charge in [0.25, 0.3) is 5.91 Å². The largest absolute Gasteiger partial charge is 0.481 e. The van der Waals surface area contributed by atoms with Crippen molar-refractivity contribution in [2.45, 2.75) is 40.7 Å². The van der Waals surface area contributed by atoms with Gasteiger partial charge in [-0.1, -0.05) is 24.3 Å². The van der Waals surface area contributed by atoms with Gasteiger partial charge in [-0.2, -0.15) is 0 Å². The Morgan fingerprint density at radius 1 is 0.955 bits per heavy atom. The van der Waals surface area contributed by atoms with Gasteiger partial charge < -0.3 is 10.1 Å². The van der Waals surface area contributed by atoms with Gasteiger partial charge in [-0.15, -0.1) is 0 Å². The van der Waals surface area contributed by atoms with Gasteiger partial charge in [0.1, 0.15) is 5.75 Å². The van der Waals surface area contributed by atoms with E-state index in [1.165, 1.54) is 0 Å². The minimum Gasteiger partial charge on any atom is -0.481 e. The third-order valence-electron chi connectivity index (χ3n) is 3.67. The van der Waals surface area contributed by atoms with Crippen molar-refractivity contribution in [1.82, 2.24) is 0 Å². The van der Waals surface area contributed by atoms with Crippen LogP contribution in [-0.4, -0.2) is 12.0 Å². The van der Waals surface area contributed by atoms with E-state index in [9.17, 15) is 4.79 Å².